The van der Waals surface area contributed by atoms with Crippen LogP contribution in [0.3, 0.4) is 0 Å². The number of hydrogen-bond acceptors (Lipinski definition) is 3. The molecule has 0 bridgehead atoms. The topological polar surface area (TPSA) is 61.0 Å². The zero-order valence-corrected chi connectivity index (χ0v) is 16.9. The van der Waals surface area contributed by atoms with E-state index < -0.39 is 0 Å². The van der Waals surface area contributed by atoms with E-state index in [4.69, 9.17) is 4.98 Å². The van der Waals surface area contributed by atoms with Crippen LogP contribution in [-0.2, 0) is 4.79 Å². The number of aromatic amines is 1. The van der Waals surface area contributed by atoms with Gasteiger partial charge in [-0.1, -0.05) is 29.8 Å². The third-order valence-electron chi connectivity index (χ3n) is 5.61. The van der Waals surface area contributed by atoms with E-state index in [1.54, 1.807) is 0 Å². The highest BCUT2D eigenvalue weighted by atomic mass is 16.2. The minimum Gasteiger partial charge on any atom is -0.342 e. The molecule has 1 unspecified atom stereocenters. The van der Waals surface area contributed by atoms with Crippen LogP contribution in [-0.4, -0.2) is 40.4 Å². The second-order valence-corrected chi connectivity index (χ2v) is 8.04. The Morgan fingerprint density at radius 3 is 2.71 bits per heavy atom. The maximum atomic E-state index is 12.7. The smallest absolute Gasteiger partial charge is 0.238 e. The fourth-order valence-corrected chi connectivity index (χ4v) is 4.35. The molecule has 28 heavy (non-hydrogen) atoms. The molecule has 0 aliphatic carbocycles. The Balaban J connectivity index is 1.41. The lowest BCUT2D eigenvalue weighted by atomic mass is 9.97. The third-order valence-corrected chi connectivity index (χ3v) is 5.61. The maximum Gasteiger partial charge on any atom is 0.238 e. The van der Waals surface area contributed by atoms with Crippen LogP contribution < -0.4 is 5.32 Å². The molecule has 1 atom stereocenters. The summed E-state index contributed by atoms with van der Waals surface area (Å²) in [5.74, 6) is 1.44. The second-order valence-electron chi connectivity index (χ2n) is 8.04. The van der Waals surface area contributed by atoms with Crippen LogP contribution in [0.1, 0.15) is 41.3 Å². The first kappa shape index (κ1) is 18.7. The van der Waals surface area contributed by atoms with Crippen LogP contribution in [0.15, 0.2) is 36.4 Å². The van der Waals surface area contributed by atoms with E-state index in [9.17, 15) is 4.79 Å². The zero-order valence-electron chi connectivity index (χ0n) is 16.9. The van der Waals surface area contributed by atoms with Crippen molar-refractivity contribution in [2.45, 2.75) is 39.5 Å². The largest absolute Gasteiger partial charge is 0.342 e. The highest BCUT2D eigenvalue weighted by Crippen LogP contribution is 2.27. The number of likely N-dealkylation sites (tertiary alicyclic amines) is 1. The number of H-pyrrole nitrogens is 1. The first-order valence-electron chi connectivity index (χ1n) is 10.0. The number of aryl methyl sites for hydroxylation is 3. The fourth-order valence-electron chi connectivity index (χ4n) is 4.35. The third kappa shape index (κ3) is 3.94. The van der Waals surface area contributed by atoms with Gasteiger partial charge in [-0.15, -0.1) is 0 Å². The highest BCUT2D eigenvalue weighted by molar-refractivity contribution is 5.93. The Labute approximate surface area is 166 Å². The molecular formula is C23H28N4O. The fraction of sp³-hybridized carbons (Fsp3) is 0.391. The molecule has 1 saturated heterocycles. The van der Waals surface area contributed by atoms with E-state index in [0.717, 1.165) is 59.6 Å². The first-order valence-corrected chi connectivity index (χ1v) is 10.0. The highest BCUT2D eigenvalue weighted by Gasteiger charge is 2.25. The van der Waals surface area contributed by atoms with Crippen molar-refractivity contribution in [2.24, 2.45) is 0 Å². The lowest BCUT2D eigenvalue weighted by Gasteiger charge is -2.31. The summed E-state index contributed by atoms with van der Waals surface area (Å²) in [6.07, 6.45) is 2.19. The van der Waals surface area contributed by atoms with Gasteiger partial charge in [0.15, 0.2) is 0 Å². The lowest BCUT2D eigenvalue weighted by Crippen LogP contribution is -2.40. The molecule has 1 aromatic heterocycles. The van der Waals surface area contributed by atoms with Gasteiger partial charge >= 0.3 is 0 Å². The molecule has 2 aromatic carbocycles. The predicted octanol–water partition coefficient (Wildman–Crippen LogP) is 4.31. The Hall–Kier alpha value is -2.66. The Bertz CT molecular complexity index is 951. The number of nitrogens with one attached hydrogen (secondary N) is 2. The van der Waals surface area contributed by atoms with Crippen LogP contribution in [0.25, 0.3) is 11.0 Å². The number of carbonyl (C=O) groups is 1. The number of amides is 1. The van der Waals surface area contributed by atoms with Crippen molar-refractivity contribution in [3.05, 3.63) is 58.9 Å². The number of piperidine rings is 1. The molecule has 2 heterocycles. The minimum absolute atomic E-state index is 0.0558. The summed E-state index contributed by atoms with van der Waals surface area (Å²) in [6.45, 7) is 8.42. The maximum absolute atomic E-state index is 12.7. The normalized spacial score (nSPS) is 17.8. The van der Waals surface area contributed by atoms with Gasteiger partial charge in [0.05, 0.1) is 17.6 Å². The van der Waals surface area contributed by atoms with E-state index in [0.29, 0.717) is 12.5 Å². The number of carbonyl (C=O) groups excluding carboxylic acids is 1. The summed E-state index contributed by atoms with van der Waals surface area (Å²) in [7, 11) is 0. The second kappa shape index (κ2) is 7.76. The number of fused-ring (bicyclic) bond motifs is 1. The van der Waals surface area contributed by atoms with E-state index in [1.807, 2.05) is 32.0 Å². The monoisotopic (exact) mass is 376 g/mol. The number of imidazole rings is 1. The van der Waals surface area contributed by atoms with Gasteiger partial charge < -0.3 is 10.3 Å². The van der Waals surface area contributed by atoms with Gasteiger partial charge in [-0.25, -0.2) is 4.98 Å². The summed E-state index contributed by atoms with van der Waals surface area (Å²) in [6, 6.07) is 12.4. The molecule has 3 aromatic rings. The Morgan fingerprint density at radius 2 is 1.96 bits per heavy atom. The molecule has 1 aliphatic heterocycles. The van der Waals surface area contributed by atoms with Gasteiger partial charge in [0.1, 0.15) is 5.82 Å². The minimum atomic E-state index is 0.0558. The lowest BCUT2D eigenvalue weighted by molar-refractivity contribution is -0.117. The van der Waals surface area contributed by atoms with Gasteiger partial charge in [0, 0.05) is 18.2 Å². The summed E-state index contributed by atoms with van der Waals surface area (Å²) < 4.78 is 0. The number of nitrogens with zero attached hydrogens (tertiary/aromatic N) is 2. The predicted molar refractivity (Wildman–Crippen MR) is 114 cm³/mol. The van der Waals surface area contributed by atoms with E-state index >= 15 is 0 Å². The zero-order chi connectivity index (χ0) is 19.7. The van der Waals surface area contributed by atoms with Crippen molar-refractivity contribution in [3.8, 4) is 0 Å². The van der Waals surface area contributed by atoms with Crippen molar-refractivity contribution >= 4 is 22.6 Å². The van der Waals surface area contributed by atoms with E-state index in [2.05, 4.69) is 40.3 Å². The molecule has 1 fully saturated rings. The van der Waals surface area contributed by atoms with Crippen molar-refractivity contribution < 1.29 is 4.79 Å². The Morgan fingerprint density at radius 1 is 1.21 bits per heavy atom. The van der Waals surface area contributed by atoms with Crippen LogP contribution in [0.5, 0.6) is 0 Å². The number of hydrogen-bond donors (Lipinski definition) is 2. The van der Waals surface area contributed by atoms with Gasteiger partial charge in [-0.3, -0.25) is 9.69 Å². The standard InChI is InChI=1S/C23H28N4O/c1-15-11-16(2)22(17(3)12-15)26-21(28)14-27-10-6-7-18(13-27)23-24-19-8-4-5-9-20(19)25-23/h4-5,8-9,11-12,18H,6-7,10,13-14H2,1-3H3,(H,24,25)(H,26,28). The number of benzene rings is 2. The van der Waals surface area contributed by atoms with Crippen LogP contribution in [0.4, 0.5) is 5.69 Å². The van der Waals surface area contributed by atoms with Gasteiger partial charge in [-0.05, 0) is 63.4 Å². The molecule has 5 heteroatoms. The SMILES string of the molecule is Cc1cc(C)c(NC(=O)CN2CCCC(c3nc4ccccc4[nH]3)C2)c(C)c1. The molecule has 146 valence electrons. The number of anilines is 1. The van der Waals surface area contributed by atoms with E-state index in [-0.39, 0.29) is 5.91 Å². The van der Waals surface area contributed by atoms with Crippen LogP contribution in [0.2, 0.25) is 0 Å². The summed E-state index contributed by atoms with van der Waals surface area (Å²) in [5.41, 5.74) is 6.49. The van der Waals surface area contributed by atoms with E-state index in [1.165, 1.54) is 5.56 Å². The molecule has 4 rings (SSSR count). The molecule has 1 aliphatic rings. The van der Waals surface area contributed by atoms with Crippen LogP contribution >= 0.6 is 0 Å². The van der Waals surface area contributed by atoms with Crippen molar-refractivity contribution in [1.29, 1.82) is 0 Å². The summed E-state index contributed by atoms with van der Waals surface area (Å²) in [5, 5.41) is 3.13. The summed E-state index contributed by atoms with van der Waals surface area (Å²) in [4.78, 5) is 23.2. The molecule has 0 spiro atoms. The average Bonchev–Trinajstić information content (AvgIpc) is 3.09. The molecule has 0 radical (unpaired) electrons. The first-order chi connectivity index (χ1) is 13.5. The van der Waals surface area contributed by atoms with Crippen molar-refractivity contribution in [2.75, 3.05) is 25.0 Å². The molecule has 1 amide bonds. The van der Waals surface area contributed by atoms with Crippen molar-refractivity contribution in [3.63, 3.8) is 0 Å². The van der Waals surface area contributed by atoms with Crippen LogP contribution in [0, 0.1) is 20.8 Å². The Kier molecular flexibility index (Phi) is 5.18. The number of rotatable bonds is 4. The molecular weight excluding hydrogens is 348 g/mol. The van der Waals surface area contributed by atoms with Gasteiger partial charge in [0.2, 0.25) is 5.91 Å². The summed E-state index contributed by atoms with van der Waals surface area (Å²) >= 11 is 0. The molecule has 5 nitrogen and oxygen atoms in total. The molecule has 0 saturated carbocycles. The van der Waals surface area contributed by atoms with Crippen molar-refractivity contribution in [1.82, 2.24) is 14.9 Å². The number of para-hydroxylation sites is 2. The molecule has 2 N–H and O–H groups in total. The van der Waals surface area contributed by atoms with Gasteiger partial charge in [-0.2, -0.15) is 0 Å². The average molecular weight is 377 g/mol. The number of aromatic nitrogens is 2. The quantitative estimate of drug-likeness (QED) is 0.713. The van der Waals surface area contributed by atoms with Gasteiger partial charge in [0.25, 0.3) is 0 Å².